The Hall–Kier alpha value is -2.81. The number of nitrogens with zero attached hydrogens (tertiary/aromatic N) is 3. The summed E-state index contributed by atoms with van der Waals surface area (Å²) in [4.78, 5) is 13.5. The zero-order valence-electron chi connectivity index (χ0n) is 9.71. The van der Waals surface area contributed by atoms with Crippen LogP contribution in [-0.4, -0.2) is 23.2 Å². The summed E-state index contributed by atoms with van der Waals surface area (Å²) in [5, 5.41) is 15.0. The van der Waals surface area contributed by atoms with Crippen LogP contribution < -0.4 is 10.6 Å². The first-order chi connectivity index (χ1) is 8.61. The van der Waals surface area contributed by atoms with Gasteiger partial charge in [-0.25, -0.2) is 0 Å². The third-order valence-electron chi connectivity index (χ3n) is 2.52. The topological polar surface area (TPSA) is 98.8 Å². The first-order valence-corrected chi connectivity index (χ1v) is 5.21. The summed E-state index contributed by atoms with van der Waals surface area (Å²) >= 11 is 0. The molecule has 0 fully saturated rings. The van der Waals surface area contributed by atoms with Crippen molar-refractivity contribution >= 4 is 17.4 Å². The molecule has 0 spiro atoms. The molecule has 2 aromatic rings. The molecule has 1 amide bonds. The number of H-pyrrole nitrogens is 1. The van der Waals surface area contributed by atoms with Gasteiger partial charge in [-0.1, -0.05) is 0 Å². The van der Waals surface area contributed by atoms with E-state index in [1.54, 1.807) is 31.3 Å². The van der Waals surface area contributed by atoms with E-state index in [1.165, 1.54) is 11.0 Å². The Bertz CT molecular complexity index is 608. The summed E-state index contributed by atoms with van der Waals surface area (Å²) in [6, 6.07) is 10.2. The number of hydrogen-bond acceptors (Lipinski definition) is 4. The number of rotatable bonds is 2. The average Bonchev–Trinajstić information content (AvgIpc) is 2.84. The van der Waals surface area contributed by atoms with Crippen molar-refractivity contribution in [3.05, 3.63) is 41.6 Å². The largest absolute Gasteiger partial charge is 0.382 e. The highest BCUT2D eigenvalue weighted by Crippen LogP contribution is 2.16. The summed E-state index contributed by atoms with van der Waals surface area (Å²) < 4.78 is 0. The maximum absolute atomic E-state index is 12.0. The van der Waals surface area contributed by atoms with Gasteiger partial charge in [-0.05, 0) is 24.3 Å². The molecule has 2 rings (SSSR count). The number of aromatic nitrogens is 2. The molecule has 90 valence electrons. The third-order valence-corrected chi connectivity index (χ3v) is 2.52. The summed E-state index contributed by atoms with van der Waals surface area (Å²) in [6.45, 7) is 0. The van der Waals surface area contributed by atoms with Crippen molar-refractivity contribution in [3.8, 4) is 6.07 Å². The van der Waals surface area contributed by atoms with Crippen LogP contribution in [-0.2, 0) is 0 Å². The third kappa shape index (κ3) is 2.15. The number of nitriles is 1. The van der Waals surface area contributed by atoms with Crippen molar-refractivity contribution in [1.29, 1.82) is 5.26 Å². The number of carbonyl (C=O) groups is 1. The maximum atomic E-state index is 12.0. The summed E-state index contributed by atoms with van der Waals surface area (Å²) in [7, 11) is 1.64. The highest BCUT2D eigenvalue weighted by molar-refractivity contribution is 6.04. The number of benzene rings is 1. The fraction of sp³-hybridized carbons (Fsp3) is 0.0833. The van der Waals surface area contributed by atoms with Crippen molar-refractivity contribution in [2.75, 3.05) is 17.7 Å². The van der Waals surface area contributed by atoms with E-state index in [4.69, 9.17) is 11.0 Å². The number of aromatic amines is 1. The van der Waals surface area contributed by atoms with Crippen molar-refractivity contribution in [1.82, 2.24) is 10.2 Å². The van der Waals surface area contributed by atoms with E-state index in [-0.39, 0.29) is 11.7 Å². The van der Waals surface area contributed by atoms with Gasteiger partial charge in [0.2, 0.25) is 0 Å². The van der Waals surface area contributed by atoms with Gasteiger partial charge in [0.15, 0.2) is 0 Å². The first-order valence-electron chi connectivity index (χ1n) is 5.21. The fourth-order valence-corrected chi connectivity index (χ4v) is 1.50. The molecule has 0 saturated heterocycles. The van der Waals surface area contributed by atoms with Crippen LogP contribution in [0.1, 0.15) is 16.1 Å². The average molecular weight is 241 g/mol. The lowest BCUT2D eigenvalue weighted by molar-refractivity contribution is 0.0988. The van der Waals surface area contributed by atoms with Crippen LogP contribution >= 0.6 is 0 Å². The van der Waals surface area contributed by atoms with Crippen LogP contribution in [0.4, 0.5) is 11.5 Å². The lowest BCUT2D eigenvalue weighted by Crippen LogP contribution is -2.26. The van der Waals surface area contributed by atoms with Crippen LogP contribution in [0, 0.1) is 11.3 Å². The fourth-order valence-electron chi connectivity index (χ4n) is 1.50. The molecule has 18 heavy (non-hydrogen) atoms. The molecule has 1 aromatic carbocycles. The number of nitrogen functional groups attached to an aromatic ring is 1. The molecule has 1 heterocycles. The first kappa shape index (κ1) is 11.7. The zero-order valence-corrected chi connectivity index (χ0v) is 9.71. The van der Waals surface area contributed by atoms with E-state index in [2.05, 4.69) is 10.2 Å². The molecule has 0 aliphatic carbocycles. The monoisotopic (exact) mass is 241 g/mol. The number of nitrogens with two attached hydrogens (primary N) is 1. The Kier molecular flexibility index (Phi) is 2.98. The molecule has 6 nitrogen and oxygen atoms in total. The molecule has 0 aliphatic heterocycles. The summed E-state index contributed by atoms with van der Waals surface area (Å²) in [5.41, 5.74) is 7.00. The van der Waals surface area contributed by atoms with Gasteiger partial charge in [0.1, 0.15) is 11.5 Å². The van der Waals surface area contributed by atoms with Crippen LogP contribution in [0.25, 0.3) is 0 Å². The van der Waals surface area contributed by atoms with Crippen molar-refractivity contribution in [2.45, 2.75) is 0 Å². The highest BCUT2D eigenvalue weighted by atomic mass is 16.2. The lowest BCUT2D eigenvalue weighted by atomic mass is 10.2. The normalized spacial score (nSPS) is 9.78. The van der Waals surface area contributed by atoms with Gasteiger partial charge in [0.05, 0.1) is 11.6 Å². The van der Waals surface area contributed by atoms with E-state index in [0.29, 0.717) is 16.9 Å². The minimum Gasteiger partial charge on any atom is -0.382 e. The summed E-state index contributed by atoms with van der Waals surface area (Å²) in [6.07, 6.45) is 0. The molecular weight excluding hydrogens is 230 g/mol. The lowest BCUT2D eigenvalue weighted by Gasteiger charge is -2.16. The second-order valence-electron chi connectivity index (χ2n) is 3.73. The molecule has 0 bridgehead atoms. The van der Waals surface area contributed by atoms with Gasteiger partial charge < -0.3 is 10.6 Å². The number of amides is 1. The Balaban J connectivity index is 2.23. The van der Waals surface area contributed by atoms with Crippen LogP contribution in [0.15, 0.2) is 30.3 Å². The van der Waals surface area contributed by atoms with Gasteiger partial charge in [-0.3, -0.25) is 9.89 Å². The predicted octanol–water partition coefficient (Wildman–Crippen LogP) is 1.14. The second-order valence-corrected chi connectivity index (χ2v) is 3.73. The van der Waals surface area contributed by atoms with E-state index in [1.807, 2.05) is 6.07 Å². The van der Waals surface area contributed by atoms with Crippen LogP contribution in [0.3, 0.4) is 0 Å². The van der Waals surface area contributed by atoms with E-state index < -0.39 is 0 Å². The standard InChI is InChI=1S/C12H11N5O/c1-17(9-4-2-8(7-13)3-5-9)12(18)10-6-11(14)16-15-10/h2-6H,1H3,(H3,14,15,16). The van der Waals surface area contributed by atoms with E-state index in [0.717, 1.165) is 0 Å². The van der Waals surface area contributed by atoms with Crippen LogP contribution in [0.5, 0.6) is 0 Å². The Morgan fingerprint density at radius 2 is 2.11 bits per heavy atom. The molecule has 1 aromatic heterocycles. The minimum absolute atomic E-state index is 0.246. The smallest absolute Gasteiger partial charge is 0.276 e. The van der Waals surface area contributed by atoms with Crippen molar-refractivity contribution in [3.63, 3.8) is 0 Å². The molecule has 0 radical (unpaired) electrons. The number of nitrogens with one attached hydrogen (secondary N) is 1. The van der Waals surface area contributed by atoms with Crippen molar-refractivity contribution < 1.29 is 4.79 Å². The molecule has 0 aliphatic rings. The minimum atomic E-state index is -0.246. The van der Waals surface area contributed by atoms with E-state index >= 15 is 0 Å². The Morgan fingerprint density at radius 3 is 2.61 bits per heavy atom. The molecular formula is C12H11N5O. The number of hydrogen-bond donors (Lipinski definition) is 2. The second kappa shape index (κ2) is 4.59. The molecule has 3 N–H and O–H groups in total. The van der Waals surface area contributed by atoms with Crippen LogP contribution in [0.2, 0.25) is 0 Å². The summed E-state index contributed by atoms with van der Waals surface area (Å²) in [5.74, 6) is 0.0236. The number of anilines is 2. The van der Waals surface area contributed by atoms with Crippen molar-refractivity contribution in [2.24, 2.45) is 0 Å². The number of carbonyl (C=O) groups excluding carboxylic acids is 1. The molecule has 0 atom stereocenters. The van der Waals surface area contributed by atoms with Gasteiger partial charge in [-0.15, -0.1) is 0 Å². The molecule has 6 heteroatoms. The van der Waals surface area contributed by atoms with Gasteiger partial charge >= 0.3 is 0 Å². The molecule has 0 saturated carbocycles. The molecule has 0 unspecified atom stereocenters. The van der Waals surface area contributed by atoms with Gasteiger partial charge in [-0.2, -0.15) is 10.4 Å². The van der Waals surface area contributed by atoms with E-state index in [9.17, 15) is 4.79 Å². The highest BCUT2D eigenvalue weighted by Gasteiger charge is 2.15. The van der Waals surface area contributed by atoms with Gasteiger partial charge in [0.25, 0.3) is 5.91 Å². The Morgan fingerprint density at radius 1 is 1.44 bits per heavy atom. The Labute approximate surface area is 104 Å². The SMILES string of the molecule is CN(C(=O)c1cc(N)n[nH]1)c1ccc(C#N)cc1. The quantitative estimate of drug-likeness (QED) is 0.823. The maximum Gasteiger partial charge on any atom is 0.276 e. The zero-order chi connectivity index (χ0) is 13.1. The predicted molar refractivity (Wildman–Crippen MR) is 66.9 cm³/mol. The van der Waals surface area contributed by atoms with Gasteiger partial charge in [0, 0.05) is 18.8 Å².